The molecule has 160 valence electrons. The minimum Gasteiger partial charge on any atom is -0.463 e. The lowest BCUT2D eigenvalue weighted by Gasteiger charge is -2.20. The van der Waals surface area contributed by atoms with E-state index in [-0.39, 0.29) is 19.6 Å². The van der Waals surface area contributed by atoms with Gasteiger partial charge in [-0.1, -0.05) is 27.2 Å². The van der Waals surface area contributed by atoms with Crippen molar-refractivity contribution < 1.29 is 9.53 Å². The van der Waals surface area contributed by atoms with Gasteiger partial charge in [0.1, 0.15) is 18.8 Å². The SMILES string of the molecule is CCC(Cn1ccc2cnc(N/C(C=NCC(=O)OCCC#N)=C/N)nc21)C(C)C. The van der Waals surface area contributed by atoms with Gasteiger partial charge in [0.25, 0.3) is 0 Å². The van der Waals surface area contributed by atoms with E-state index in [0.29, 0.717) is 23.5 Å². The summed E-state index contributed by atoms with van der Waals surface area (Å²) >= 11 is 0. The third-order valence-corrected chi connectivity index (χ3v) is 4.76. The largest absolute Gasteiger partial charge is 0.463 e. The minimum absolute atomic E-state index is 0.0614. The molecule has 0 aromatic carbocycles. The van der Waals surface area contributed by atoms with Crippen LogP contribution >= 0.6 is 0 Å². The Bertz CT molecular complexity index is 940. The van der Waals surface area contributed by atoms with Crippen molar-refractivity contribution in [3.63, 3.8) is 0 Å². The van der Waals surface area contributed by atoms with Crippen molar-refractivity contribution in [3.8, 4) is 6.07 Å². The van der Waals surface area contributed by atoms with Crippen LogP contribution in [0.15, 0.2) is 35.3 Å². The van der Waals surface area contributed by atoms with Gasteiger partial charge in [-0.05, 0) is 17.9 Å². The van der Waals surface area contributed by atoms with Crippen molar-refractivity contribution >= 4 is 29.2 Å². The molecule has 0 aliphatic carbocycles. The Kier molecular flexibility index (Phi) is 8.81. The molecule has 0 aliphatic rings. The summed E-state index contributed by atoms with van der Waals surface area (Å²) in [7, 11) is 0. The lowest BCUT2D eigenvalue weighted by atomic mass is 9.93. The van der Waals surface area contributed by atoms with Crippen molar-refractivity contribution in [1.29, 1.82) is 5.26 Å². The first-order valence-electron chi connectivity index (χ1n) is 10.0. The molecule has 0 radical (unpaired) electrons. The highest BCUT2D eigenvalue weighted by Crippen LogP contribution is 2.21. The molecule has 9 nitrogen and oxygen atoms in total. The Balaban J connectivity index is 2.05. The van der Waals surface area contributed by atoms with Crippen molar-refractivity contribution in [3.05, 3.63) is 30.4 Å². The first-order chi connectivity index (χ1) is 14.5. The topological polar surface area (TPSA) is 131 Å². The number of nitrogens with one attached hydrogen (secondary N) is 1. The third kappa shape index (κ3) is 6.58. The summed E-state index contributed by atoms with van der Waals surface area (Å²) in [5.41, 5.74) is 6.94. The molecule has 1 atom stereocenters. The number of aromatic nitrogens is 3. The second-order valence-electron chi connectivity index (χ2n) is 7.20. The lowest BCUT2D eigenvalue weighted by molar-refractivity contribution is -0.141. The van der Waals surface area contributed by atoms with Gasteiger partial charge in [-0.25, -0.2) is 4.98 Å². The van der Waals surface area contributed by atoms with Crippen molar-refractivity contribution in [2.45, 2.75) is 40.2 Å². The molecule has 30 heavy (non-hydrogen) atoms. The number of nitrogens with two attached hydrogens (primary N) is 1. The first-order valence-corrected chi connectivity index (χ1v) is 10.0. The molecule has 2 rings (SSSR count). The second-order valence-corrected chi connectivity index (χ2v) is 7.20. The van der Waals surface area contributed by atoms with E-state index in [4.69, 9.17) is 15.7 Å². The number of allylic oxidation sites excluding steroid dienone is 1. The summed E-state index contributed by atoms with van der Waals surface area (Å²) < 4.78 is 7.00. The van der Waals surface area contributed by atoms with Crippen LogP contribution in [0, 0.1) is 23.2 Å². The minimum atomic E-state index is -0.510. The van der Waals surface area contributed by atoms with Gasteiger partial charge in [0.05, 0.1) is 18.2 Å². The van der Waals surface area contributed by atoms with Crippen LogP contribution in [-0.2, 0) is 16.1 Å². The van der Waals surface area contributed by atoms with Crippen molar-refractivity contribution in [1.82, 2.24) is 14.5 Å². The predicted octanol–water partition coefficient (Wildman–Crippen LogP) is 2.85. The van der Waals surface area contributed by atoms with E-state index in [9.17, 15) is 4.79 Å². The number of aliphatic imine (C=N–C) groups is 1. The van der Waals surface area contributed by atoms with Gasteiger partial charge >= 0.3 is 5.97 Å². The normalized spacial score (nSPS) is 13.0. The Morgan fingerprint density at radius 1 is 1.50 bits per heavy atom. The number of nitrogens with zero attached hydrogens (tertiary/aromatic N) is 5. The second kappa shape index (κ2) is 11.6. The monoisotopic (exact) mass is 411 g/mol. The van der Waals surface area contributed by atoms with Gasteiger partial charge in [-0.15, -0.1) is 0 Å². The van der Waals surface area contributed by atoms with E-state index in [1.54, 1.807) is 6.20 Å². The summed E-state index contributed by atoms with van der Waals surface area (Å²) in [4.78, 5) is 24.5. The molecule has 3 N–H and O–H groups in total. The van der Waals surface area contributed by atoms with Gasteiger partial charge in [0.15, 0.2) is 0 Å². The number of hydrogen-bond acceptors (Lipinski definition) is 8. The number of rotatable bonds is 11. The van der Waals surface area contributed by atoms with E-state index >= 15 is 0 Å². The Hall–Kier alpha value is -3.41. The Morgan fingerprint density at radius 3 is 2.97 bits per heavy atom. The maximum Gasteiger partial charge on any atom is 0.327 e. The maximum absolute atomic E-state index is 11.5. The standard InChI is InChI=1S/C21H29N7O2/c1-4-16(15(2)3)14-28-8-6-17-11-25-21(27-20(17)28)26-18(10-23)12-24-13-19(29)30-9-5-7-22/h6,8,10-12,15-16H,4-5,9,13-14,23H2,1-3H3,(H,25,26,27)/b18-10+,24-12?. The van der Waals surface area contributed by atoms with Gasteiger partial charge < -0.3 is 20.4 Å². The summed E-state index contributed by atoms with van der Waals surface area (Å²) in [5, 5.41) is 12.4. The molecule has 2 aromatic rings. The molecule has 9 heteroatoms. The molecular formula is C21H29N7O2. The molecule has 0 saturated heterocycles. The first kappa shape index (κ1) is 22.9. The fourth-order valence-electron chi connectivity index (χ4n) is 2.96. The molecule has 0 bridgehead atoms. The number of ether oxygens (including phenoxy) is 1. The summed E-state index contributed by atoms with van der Waals surface area (Å²) in [6.45, 7) is 7.46. The maximum atomic E-state index is 11.5. The van der Waals surface area contributed by atoms with Crippen LogP contribution in [0.25, 0.3) is 11.0 Å². The predicted molar refractivity (Wildman–Crippen MR) is 117 cm³/mol. The summed E-state index contributed by atoms with van der Waals surface area (Å²) in [5.74, 6) is 1.02. The van der Waals surface area contributed by atoms with Crippen molar-refractivity contribution in [2.24, 2.45) is 22.6 Å². The lowest BCUT2D eigenvalue weighted by Crippen LogP contribution is -2.15. The van der Waals surface area contributed by atoms with Crippen LogP contribution in [0.3, 0.4) is 0 Å². The molecule has 0 amide bonds. The fraction of sp³-hybridized carbons (Fsp3) is 0.476. The summed E-state index contributed by atoms with van der Waals surface area (Å²) in [6.07, 6.45) is 7.79. The fourth-order valence-corrected chi connectivity index (χ4v) is 2.96. The number of anilines is 1. The highest BCUT2D eigenvalue weighted by Gasteiger charge is 2.14. The number of carbonyl (C=O) groups excluding carboxylic acids is 1. The molecule has 0 saturated carbocycles. The van der Waals surface area contributed by atoms with E-state index in [0.717, 1.165) is 24.0 Å². The molecule has 0 fully saturated rings. The van der Waals surface area contributed by atoms with Crippen LogP contribution < -0.4 is 11.1 Å². The van der Waals surface area contributed by atoms with Crippen LogP contribution in [-0.4, -0.2) is 39.9 Å². The van der Waals surface area contributed by atoms with Crippen LogP contribution in [0.5, 0.6) is 0 Å². The number of esters is 1. The highest BCUT2D eigenvalue weighted by atomic mass is 16.5. The van der Waals surface area contributed by atoms with E-state index in [1.807, 2.05) is 18.3 Å². The number of nitriles is 1. The van der Waals surface area contributed by atoms with Crippen LogP contribution in [0.2, 0.25) is 0 Å². The zero-order valence-corrected chi connectivity index (χ0v) is 17.7. The third-order valence-electron chi connectivity index (χ3n) is 4.76. The Labute approximate surface area is 176 Å². The molecular weight excluding hydrogens is 382 g/mol. The molecule has 2 heterocycles. The average Bonchev–Trinajstić information content (AvgIpc) is 3.13. The highest BCUT2D eigenvalue weighted by molar-refractivity contribution is 5.85. The molecule has 1 unspecified atom stereocenters. The molecule has 0 spiro atoms. The Morgan fingerprint density at radius 2 is 2.30 bits per heavy atom. The van der Waals surface area contributed by atoms with Gasteiger partial charge in [-0.3, -0.25) is 9.79 Å². The summed E-state index contributed by atoms with van der Waals surface area (Å²) in [6, 6.07) is 3.91. The zero-order chi connectivity index (χ0) is 21.9. The van der Waals surface area contributed by atoms with E-state index in [1.165, 1.54) is 12.4 Å². The smallest absolute Gasteiger partial charge is 0.327 e. The molecule has 0 aliphatic heterocycles. The van der Waals surface area contributed by atoms with Crippen molar-refractivity contribution in [2.75, 3.05) is 18.5 Å². The van der Waals surface area contributed by atoms with Gasteiger partial charge in [0, 0.05) is 36.7 Å². The van der Waals surface area contributed by atoms with E-state index in [2.05, 4.69) is 45.6 Å². The number of carbonyl (C=O) groups is 1. The van der Waals surface area contributed by atoms with Gasteiger partial charge in [-0.2, -0.15) is 10.2 Å². The van der Waals surface area contributed by atoms with Crippen LogP contribution in [0.1, 0.15) is 33.6 Å². The van der Waals surface area contributed by atoms with Gasteiger partial charge in [0.2, 0.25) is 5.95 Å². The quantitative estimate of drug-likeness (QED) is 0.330. The average molecular weight is 412 g/mol. The number of fused-ring (bicyclic) bond motifs is 1. The van der Waals surface area contributed by atoms with E-state index < -0.39 is 5.97 Å². The molecule has 2 aromatic heterocycles. The number of hydrogen-bond donors (Lipinski definition) is 2. The zero-order valence-electron chi connectivity index (χ0n) is 17.7. The van der Waals surface area contributed by atoms with Crippen LogP contribution in [0.4, 0.5) is 5.95 Å².